The summed E-state index contributed by atoms with van der Waals surface area (Å²) in [5.41, 5.74) is 4.41. The topological polar surface area (TPSA) is 35.5 Å². The largest absolute Gasteiger partial charge is 0.370 e. The normalized spacial score (nSPS) is 18.0. The molecule has 4 heteroatoms. The maximum absolute atomic E-state index is 11.8. The van der Waals surface area contributed by atoms with Gasteiger partial charge in [-0.25, -0.2) is 0 Å². The SMILES string of the molecule is CC(=O)Sc1ccccc1C1=CCC(OCc2ccccc2)C1OCc1ccccc1. The minimum atomic E-state index is -0.197. The second kappa shape index (κ2) is 10.6. The zero-order chi connectivity index (χ0) is 21.5. The van der Waals surface area contributed by atoms with Crippen LogP contribution in [-0.4, -0.2) is 17.3 Å². The molecule has 0 fully saturated rings. The third kappa shape index (κ3) is 5.73. The van der Waals surface area contributed by atoms with Gasteiger partial charge in [0.1, 0.15) is 6.10 Å². The van der Waals surface area contributed by atoms with Gasteiger partial charge in [-0.05, 0) is 34.8 Å². The van der Waals surface area contributed by atoms with E-state index in [-0.39, 0.29) is 17.3 Å². The van der Waals surface area contributed by atoms with E-state index in [1.807, 2.05) is 54.6 Å². The number of carbonyl (C=O) groups is 1. The molecule has 0 bridgehead atoms. The molecule has 31 heavy (non-hydrogen) atoms. The maximum atomic E-state index is 11.8. The molecule has 0 spiro atoms. The molecule has 2 atom stereocenters. The highest BCUT2D eigenvalue weighted by Crippen LogP contribution is 2.38. The molecule has 158 valence electrons. The maximum Gasteiger partial charge on any atom is 0.190 e. The first-order chi connectivity index (χ1) is 15.2. The van der Waals surface area contributed by atoms with E-state index >= 15 is 0 Å². The monoisotopic (exact) mass is 430 g/mol. The first-order valence-electron chi connectivity index (χ1n) is 10.5. The van der Waals surface area contributed by atoms with Gasteiger partial charge in [-0.1, -0.05) is 96.7 Å². The van der Waals surface area contributed by atoms with E-state index in [4.69, 9.17) is 9.47 Å². The lowest BCUT2D eigenvalue weighted by Crippen LogP contribution is -2.28. The van der Waals surface area contributed by atoms with Crippen LogP contribution in [0.3, 0.4) is 0 Å². The predicted molar refractivity (Wildman–Crippen MR) is 126 cm³/mol. The van der Waals surface area contributed by atoms with Gasteiger partial charge in [0.05, 0.1) is 19.3 Å². The zero-order valence-corrected chi connectivity index (χ0v) is 18.4. The molecule has 0 saturated carbocycles. The molecule has 0 heterocycles. The van der Waals surface area contributed by atoms with Crippen molar-refractivity contribution < 1.29 is 14.3 Å². The van der Waals surface area contributed by atoms with E-state index < -0.39 is 0 Å². The molecule has 1 aliphatic rings. The van der Waals surface area contributed by atoms with E-state index in [0.717, 1.165) is 33.6 Å². The first-order valence-corrected chi connectivity index (χ1v) is 11.3. The van der Waals surface area contributed by atoms with Gasteiger partial charge in [0.15, 0.2) is 5.12 Å². The fraction of sp³-hybridized carbons (Fsp3) is 0.222. The van der Waals surface area contributed by atoms with Gasteiger partial charge in [-0.3, -0.25) is 4.79 Å². The van der Waals surface area contributed by atoms with E-state index in [2.05, 4.69) is 36.4 Å². The number of thioether (sulfide) groups is 1. The summed E-state index contributed by atoms with van der Waals surface area (Å²) in [5.74, 6) is 0. The van der Waals surface area contributed by atoms with Crippen molar-refractivity contribution in [1.29, 1.82) is 0 Å². The Kier molecular flexibility index (Phi) is 7.36. The molecular weight excluding hydrogens is 404 g/mol. The molecule has 0 aliphatic heterocycles. The second-order valence-electron chi connectivity index (χ2n) is 7.54. The van der Waals surface area contributed by atoms with Crippen molar-refractivity contribution in [3.63, 3.8) is 0 Å². The minimum Gasteiger partial charge on any atom is -0.370 e. The van der Waals surface area contributed by atoms with Gasteiger partial charge in [-0.15, -0.1) is 0 Å². The van der Waals surface area contributed by atoms with Gasteiger partial charge in [0.2, 0.25) is 0 Å². The summed E-state index contributed by atoms with van der Waals surface area (Å²) in [5, 5.41) is 0.0738. The van der Waals surface area contributed by atoms with E-state index in [1.165, 1.54) is 11.8 Å². The van der Waals surface area contributed by atoms with E-state index in [1.54, 1.807) is 6.92 Å². The number of carbonyl (C=O) groups excluding carboxylic acids is 1. The van der Waals surface area contributed by atoms with Crippen molar-refractivity contribution in [2.24, 2.45) is 0 Å². The zero-order valence-electron chi connectivity index (χ0n) is 17.6. The molecule has 4 rings (SSSR count). The van der Waals surface area contributed by atoms with Crippen LogP contribution in [0.2, 0.25) is 0 Å². The van der Waals surface area contributed by atoms with Crippen molar-refractivity contribution in [2.75, 3.05) is 0 Å². The smallest absolute Gasteiger partial charge is 0.190 e. The molecule has 0 amide bonds. The van der Waals surface area contributed by atoms with Gasteiger partial charge in [-0.2, -0.15) is 0 Å². The van der Waals surface area contributed by atoms with Crippen LogP contribution in [-0.2, 0) is 27.5 Å². The molecular formula is C27H26O3S. The number of benzene rings is 3. The van der Waals surface area contributed by atoms with Crippen molar-refractivity contribution in [2.45, 2.75) is 43.7 Å². The molecule has 3 aromatic rings. The van der Waals surface area contributed by atoms with Crippen molar-refractivity contribution in [3.8, 4) is 0 Å². The highest BCUT2D eigenvalue weighted by Gasteiger charge is 2.33. The average molecular weight is 431 g/mol. The molecule has 0 radical (unpaired) electrons. The van der Waals surface area contributed by atoms with Crippen LogP contribution in [0.25, 0.3) is 5.57 Å². The summed E-state index contributed by atoms with van der Waals surface area (Å²) in [6, 6.07) is 28.4. The Morgan fingerprint density at radius 2 is 1.42 bits per heavy atom. The van der Waals surface area contributed by atoms with Crippen molar-refractivity contribution >= 4 is 22.5 Å². The number of hydrogen-bond donors (Lipinski definition) is 0. The standard InChI is InChI=1S/C27H26O3S/c1-20(28)31-26-15-9-8-14-23(26)24-16-17-25(29-18-21-10-4-2-5-11-21)27(24)30-19-22-12-6-3-7-13-22/h2-16,25,27H,17-19H2,1H3. The molecule has 3 aromatic carbocycles. The van der Waals surface area contributed by atoms with Crippen LogP contribution in [0.1, 0.15) is 30.0 Å². The number of ether oxygens (including phenoxy) is 2. The fourth-order valence-electron chi connectivity index (χ4n) is 3.79. The van der Waals surface area contributed by atoms with Gasteiger partial charge in [0.25, 0.3) is 0 Å². The number of hydrogen-bond acceptors (Lipinski definition) is 4. The highest BCUT2D eigenvalue weighted by atomic mass is 32.2. The lowest BCUT2D eigenvalue weighted by molar-refractivity contribution is -0.109. The second-order valence-corrected chi connectivity index (χ2v) is 8.76. The minimum absolute atomic E-state index is 0.0738. The Labute approximate surface area is 188 Å². The highest BCUT2D eigenvalue weighted by molar-refractivity contribution is 8.13. The quantitative estimate of drug-likeness (QED) is 0.394. The Morgan fingerprint density at radius 1 is 0.839 bits per heavy atom. The Bertz CT molecular complexity index is 1030. The molecule has 2 unspecified atom stereocenters. The Hall–Kier alpha value is -2.66. The molecule has 0 aromatic heterocycles. The molecule has 0 saturated heterocycles. The summed E-state index contributed by atoms with van der Waals surface area (Å²) in [4.78, 5) is 12.7. The van der Waals surface area contributed by atoms with Crippen LogP contribution in [0, 0.1) is 0 Å². The molecule has 0 N–H and O–H groups in total. The van der Waals surface area contributed by atoms with Crippen LogP contribution in [0.5, 0.6) is 0 Å². The Morgan fingerprint density at radius 3 is 2.06 bits per heavy atom. The lowest BCUT2D eigenvalue weighted by atomic mass is 10.0. The van der Waals surface area contributed by atoms with Crippen molar-refractivity contribution in [3.05, 3.63) is 108 Å². The molecule has 1 aliphatic carbocycles. The summed E-state index contributed by atoms with van der Waals surface area (Å²) in [7, 11) is 0. The summed E-state index contributed by atoms with van der Waals surface area (Å²) < 4.78 is 12.7. The van der Waals surface area contributed by atoms with E-state index in [9.17, 15) is 4.79 Å². The van der Waals surface area contributed by atoms with Gasteiger partial charge >= 0.3 is 0 Å². The first kappa shape index (κ1) is 21.6. The lowest BCUT2D eigenvalue weighted by Gasteiger charge is -2.25. The van der Waals surface area contributed by atoms with Gasteiger partial charge < -0.3 is 9.47 Å². The third-order valence-corrected chi connectivity index (χ3v) is 6.11. The Balaban J connectivity index is 1.55. The van der Waals surface area contributed by atoms with Crippen LogP contribution in [0.4, 0.5) is 0 Å². The van der Waals surface area contributed by atoms with Crippen LogP contribution < -0.4 is 0 Å². The average Bonchev–Trinajstić information content (AvgIpc) is 3.20. The summed E-state index contributed by atoms with van der Waals surface area (Å²) in [6.07, 6.45) is 2.71. The van der Waals surface area contributed by atoms with Crippen LogP contribution in [0.15, 0.2) is 95.9 Å². The van der Waals surface area contributed by atoms with Gasteiger partial charge in [0, 0.05) is 11.8 Å². The van der Waals surface area contributed by atoms with Crippen molar-refractivity contribution in [1.82, 2.24) is 0 Å². The fourth-order valence-corrected chi connectivity index (χ4v) is 4.54. The molecule has 3 nitrogen and oxygen atoms in total. The summed E-state index contributed by atoms with van der Waals surface area (Å²) >= 11 is 1.26. The van der Waals surface area contributed by atoms with Crippen LogP contribution >= 0.6 is 11.8 Å². The summed E-state index contributed by atoms with van der Waals surface area (Å²) in [6.45, 7) is 2.65. The predicted octanol–water partition coefficient (Wildman–Crippen LogP) is 6.28. The van der Waals surface area contributed by atoms with E-state index in [0.29, 0.717) is 13.2 Å². The number of rotatable bonds is 8. The third-order valence-electron chi connectivity index (χ3n) is 5.25.